The third kappa shape index (κ3) is 6.04. The fourth-order valence-electron chi connectivity index (χ4n) is 3.28. The van der Waals surface area contributed by atoms with Gasteiger partial charge in [0, 0.05) is 18.5 Å². The van der Waals surface area contributed by atoms with Crippen LogP contribution in [0.25, 0.3) is 0 Å². The SMILES string of the molecule is CCNCC1CCN(C(=O)Cc2csc(COc3ccc(C)cc3)n2)CC1. The number of carbonyl (C=O) groups is 1. The van der Waals surface area contributed by atoms with E-state index in [4.69, 9.17) is 4.74 Å². The Morgan fingerprint density at radius 2 is 2.04 bits per heavy atom. The molecule has 27 heavy (non-hydrogen) atoms. The van der Waals surface area contributed by atoms with Gasteiger partial charge in [-0.3, -0.25) is 4.79 Å². The number of amides is 1. The number of benzene rings is 1. The number of aromatic nitrogens is 1. The van der Waals surface area contributed by atoms with Crippen molar-refractivity contribution < 1.29 is 9.53 Å². The summed E-state index contributed by atoms with van der Waals surface area (Å²) in [7, 11) is 0. The number of aryl methyl sites for hydroxylation is 1. The van der Waals surface area contributed by atoms with E-state index in [-0.39, 0.29) is 5.91 Å². The molecule has 0 saturated carbocycles. The first kappa shape index (κ1) is 19.8. The lowest BCUT2D eigenvalue weighted by molar-refractivity contribution is -0.131. The topological polar surface area (TPSA) is 54.5 Å². The minimum atomic E-state index is 0.188. The summed E-state index contributed by atoms with van der Waals surface area (Å²) in [5, 5.41) is 6.29. The summed E-state index contributed by atoms with van der Waals surface area (Å²) in [6.07, 6.45) is 2.57. The molecular formula is C21H29N3O2S. The van der Waals surface area contributed by atoms with E-state index < -0.39 is 0 Å². The molecule has 0 aliphatic carbocycles. The van der Waals surface area contributed by atoms with Crippen molar-refractivity contribution in [2.45, 2.75) is 39.7 Å². The number of carbonyl (C=O) groups excluding carboxylic acids is 1. The molecule has 1 saturated heterocycles. The first-order chi connectivity index (χ1) is 13.1. The lowest BCUT2D eigenvalue weighted by Gasteiger charge is -2.32. The van der Waals surface area contributed by atoms with Crippen molar-refractivity contribution >= 4 is 17.2 Å². The van der Waals surface area contributed by atoms with Crippen LogP contribution in [0.2, 0.25) is 0 Å². The van der Waals surface area contributed by atoms with Crippen LogP contribution < -0.4 is 10.1 Å². The lowest BCUT2D eigenvalue weighted by atomic mass is 9.96. The zero-order valence-corrected chi connectivity index (χ0v) is 17.1. The Morgan fingerprint density at radius 1 is 1.30 bits per heavy atom. The third-order valence-corrected chi connectivity index (χ3v) is 5.84. The van der Waals surface area contributed by atoms with Crippen molar-refractivity contribution in [3.8, 4) is 5.75 Å². The molecule has 2 aromatic rings. The summed E-state index contributed by atoms with van der Waals surface area (Å²) >= 11 is 1.55. The zero-order valence-electron chi connectivity index (χ0n) is 16.2. The van der Waals surface area contributed by atoms with Crippen LogP contribution in [0.15, 0.2) is 29.6 Å². The maximum Gasteiger partial charge on any atom is 0.228 e. The van der Waals surface area contributed by atoms with Gasteiger partial charge in [-0.05, 0) is 50.9 Å². The van der Waals surface area contributed by atoms with Gasteiger partial charge in [-0.25, -0.2) is 4.98 Å². The molecule has 1 N–H and O–H groups in total. The summed E-state index contributed by atoms with van der Waals surface area (Å²) in [6.45, 7) is 8.43. The smallest absolute Gasteiger partial charge is 0.228 e. The third-order valence-electron chi connectivity index (χ3n) is 4.97. The predicted octanol–water partition coefficient (Wildman–Crippen LogP) is 3.42. The average molecular weight is 388 g/mol. The van der Waals surface area contributed by atoms with E-state index in [1.807, 2.05) is 34.5 Å². The summed E-state index contributed by atoms with van der Waals surface area (Å²) in [4.78, 5) is 19.1. The Balaban J connectivity index is 1.43. The molecular weight excluding hydrogens is 358 g/mol. The second kappa shape index (κ2) is 9.85. The van der Waals surface area contributed by atoms with Gasteiger partial charge < -0.3 is 15.0 Å². The van der Waals surface area contributed by atoms with Crippen LogP contribution in [0.4, 0.5) is 0 Å². The maximum atomic E-state index is 12.6. The Morgan fingerprint density at radius 3 is 2.74 bits per heavy atom. The van der Waals surface area contributed by atoms with Crippen molar-refractivity contribution in [2.24, 2.45) is 5.92 Å². The van der Waals surface area contributed by atoms with Gasteiger partial charge in [0.25, 0.3) is 0 Å². The number of hydrogen-bond acceptors (Lipinski definition) is 5. The second-order valence-electron chi connectivity index (χ2n) is 7.14. The highest BCUT2D eigenvalue weighted by molar-refractivity contribution is 7.09. The highest BCUT2D eigenvalue weighted by atomic mass is 32.1. The van der Waals surface area contributed by atoms with E-state index in [1.165, 1.54) is 5.56 Å². The lowest BCUT2D eigenvalue weighted by Crippen LogP contribution is -2.41. The van der Waals surface area contributed by atoms with Crippen LogP contribution in [0.5, 0.6) is 5.75 Å². The molecule has 146 valence electrons. The Kier molecular flexibility index (Phi) is 7.24. The monoisotopic (exact) mass is 387 g/mol. The van der Waals surface area contributed by atoms with E-state index >= 15 is 0 Å². The molecule has 5 nitrogen and oxygen atoms in total. The number of piperidine rings is 1. The molecule has 0 spiro atoms. The van der Waals surface area contributed by atoms with Gasteiger partial charge in [-0.2, -0.15) is 0 Å². The number of nitrogens with zero attached hydrogens (tertiary/aromatic N) is 2. The fourth-order valence-corrected chi connectivity index (χ4v) is 3.98. The van der Waals surface area contributed by atoms with Gasteiger partial charge in [-0.15, -0.1) is 11.3 Å². The van der Waals surface area contributed by atoms with Gasteiger partial charge in [-0.1, -0.05) is 24.6 Å². The minimum absolute atomic E-state index is 0.188. The number of ether oxygens (including phenoxy) is 1. The summed E-state index contributed by atoms with van der Waals surface area (Å²) in [5.74, 6) is 1.72. The Bertz CT molecular complexity index is 721. The molecule has 3 rings (SSSR count). The molecule has 6 heteroatoms. The predicted molar refractivity (Wildman–Crippen MR) is 109 cm³/mol. The van der Waals surface area contributed by atoms with E-state index in [2.05, 4.69) is 24.1 Å². The van der Waals surface area contributed by atoms with Gasteiger partial charge >= 0.3 is 0 Å². The minimum Gasteiger partial charge on any atom is -0.486 e. The highest BCUT2D eigenvalue weighted by Gasteiger charge is 2.23. The second-order valence-corrected chi connectivity index (χ2v) is 8.09. The number of likely N-dealkylation sites (tertiary alicyclic amines) is 1. The molecule has 1 amide bonds. The van der Waals surface area contributed by atoms with Crippen LogP contribution in [0.3, 0.4) is 0 Å². The molecule has 1 aromatic carbocycles. The maximum absolute atomic E-state index is 12.6. The molecule has 1 aliphatic heterocycles. The normalized spacial score (nSPS) is 15.1. The molecule has 2 heterocycles. The van der Waals surface area contributed by atoms with Gasteiger partial charge in [0.1, 0.15) is 17.4 Å². The van der Waals surface area contributed by atoms with E-state index in [0.717, 1.165) is 55.5 Å². The molecule has 0 bridgehead atoms. The van der Waals surface area contributed by atoms with Crippen molar-refractivity contribution in [1.29, 1.82) is 0 Å². The van der Waals surface area contributed by atoms with Crippen LogP contribution in [0.1, 0.15) is 36.0 Å². The van der Waals surface area contributed by atoms with Crippen LogP contribution >= 0.6 is 11.3 Å². The van der Waals surface area contributed by atoms with Gasteiger partial charge in [0.2, 0.25) is 5.91 Å². The number of rotatable bonds is 8. The molecule has 1 fully saturated rings. The number of thiazole rings is 1. The van der Waals surface area contributed by atoms with E-state index in [1.54, 1.807) is 11.3 Å². The molecule has 0 atom stereocenters. The Hall–Kier alpha value is -1.92. The Labute approximate surface area is 165 Å². The number of hydrogen-bond donors (Lipinski definition) is 1. The summed E-state index contributed by atoms with van der Waals surface area (Å²) < 4.78 is 5.77. The van der Waals surface area contributed by atoms with E-state index in [9.17, 15) is 4.79 Å². The van der Waals surface area contributed by atoms with Gasteiger partial charge in [0.15, 0.2) is 0 Å². The largest absolute Gasteiger partial charge is 0.486 e. The van der Waals surface area contributed by atoms with Crippen LogP contribution in [0, 0.1) is 12.8 Å². The first-order valence-electron chi connectivity index (χ1n) is 9.75. The quantitative estimate of drug-likeness (QED) is 0.754. The average Bonchev–Trinajstić information content (AvgIpc) is 3.13. The van der Waals surface area contributed by atoms with Crippen LogP contribution in [-0.2, 0) is 17.8 Å². The van der Waals surface area contributed by atoms with Crippen molar-refractivity contribution in [1.82, 2.24) is 15.2 Å². The molecule has 1 aliphatic rings. The number of nitrogens with one attached hydrogen (secondary N) is 1. The molecule has 0 radical (unpaired) electrons. The van der Waals surface area contributed by atoms with Crippen molar-refractivity contribution in [3.05, 3.63) is 45.9 Å². The molecule has 0 unspecified atom stereocenters. The van der Waals surface area contributed by atoms with Crippen molar-refractivity contribution in [2.75, 3.05) is 26.2 Å². The fraction of sp³-hybridized carbons (Fsp3) is 0.524. The highest BCUT2D eigenvalue weighted by Crippen LogP contribution is 2.19. The van der Waals surface area contributed by atoms with E-state index in [0.29, 0.717) is 18.9 Å². The van der Waals surface area contributed by atoms with Gasteiger partial charge in [0.05, 0.1) is 12.1 Å². The zero-order chi connectivity index (χ0) is 19.1. The summed E-state index contributed by atoms with van der Waals surface area (Å²) in [6, 6.07) is 7.99. The molecule has 1 aromatic heterocycles. The first-order valence-corrected chi connectivity index (χ1v) is 10.6. The standard InChI is InChI=1S/C21H29N3O2S/c1-3-22-13-17-8-10-24(11-9-17)21(25)12-18-15-27-20(23-18)14-26-19-6-4-16(2)5-7-19/h4-7,15,17,22H,3,8-14H2,1-2H3. The summed E-state index contributed by atoms with van der Waals surface area (Å²) in [5.41, 5.74) is 2.06. The van der Waals surface area contributed by atoms with Crippen molar-refractivity contribution in [3.63, 3.8) is 0 Å². The van der Waals surface area contributed by atoms with Crippen LogP contribution in [-0.4, -0.2) is 42.0 Å².